The van der Waals surface area contributed by atoms with Crippen molar-refractivity contribution in [1.82, 2.24) is 19.7 Å². The highest BCUT2D eigenvalue weighted by Crippen LogP contribution is 2.30. The summed E-state index contributed by atoms with van der Waals surface area (Å²) in [5.41, 5.74) is 2.99. The maximum atomic E-state index is 5.51. The molecule has 0 aromatic carbocycles. The van der Waals surface area contributed by atoms with Crippen molar-refractivity contribution in [2.75, 3.05) is 25.1 Å². The van der Waals surface area contributed by atoms with E-state index >= 15 is 0 Å². The number of nitrogens with zero attached hydrogens (tertiary/aromatic N) is 5. The Morgan fingerprint density at radius 2 is 1.95 bits per heavy atom. The van der Waals surface area contributed by atoms with Gasteiger partial charge in [-0.2, -0.15) is 0 Å². The van der Waals surface area contributed by atoms with Gasteiger partial charge in [-0.1, -0.05) is 0 Å². The maximum absolute atomic E-state index is 5.51. The predicted octanol–water partition coefficient (Wildman–Crippen LogP) is 2.20. The second-order valence-electron chi connectivity index (χ2n) is 6.25. The number of aryl methyl sites for hydroxylation is 2. The smallest absolute Gasteiger partial charge is 0.227 e. The van der Waals surface area contributed by atoms with Crippen LogP contribution >= 0.6 is 0 Å². The first-order valence-corrected chi connectivity index (χ1v) is 7.65. The minimum Gasteiger partial charge on any atom is -0.375 e. The van der Waals surface area contributed by atoms with Crippen LogP contribution in [0.1, 0.15) is 25.1 Å². The zero-order chi connectivity index (χ0) is 15.9. The van der Waals surface area contributed by atoms with Gasteiger partial charge in [-0.15, -0.1) is 10.2 Å². The average Bonchev–Trinajstić information content (AvgIpc) is 2.86. The Morgan fingerprint density at radius 3 is 2.55 bits per heavy atom. The van der Waals surface area contributed by atoms with E-state index < -0.39 is 0 Å². The molecule has 0 saturated carbocycles. The Bertz CT molecular complexity index is 668. The summed E-state index contributed by atoms with van der Waals surface area (Å²) in [6.07, 6.45) is 0. The van der Waals surface area contributed by atoms with Crippen LogP contribution in [0.15, 0.2) is 12.1 Å². The summed E-state index contributed by atoms with van der Waals surface area (Å²) in [6, 6.07) is 4.12. The number of ether oxygens (including phenoxy) is 1. The second kappa shape index (κ2) is 5.35. The molecule has 0 bridgehead atoms. The SMILES string of the molecule is CCn1c(-c2cc(C)cc(C)n2)nnc1N1CC(C)(OC)C1. The van der Waals surface area contributed by atoms with Crippen molar-refractivity contribution in [3.63, 3.8) is 0 Å². The maximum Gasteiger partial charge on any atom is 0.227 e. The Kier molecular flexibility index (Phi) is 3.64. The van der Waals surface area contributed by atoms with Crippen molar-refractivity contribution < 1.29 is 4.74 Å². The molecule has 6 heteroatoms. The van der Waals surface area contributed by atoms with Crippen LogP contribution in [0.4, 0.5) is 5.95 Å². The lowest BCUT2D eigenvalue weighted by atomic mass is 9.97. The lowest BCUT2D eigenvalue weighted by Gasteiger charge is -2.47. The molecule has 1 aliphatic heterocycles. The van der Waals surface area contributed by atoms with Crippen LogP contribution in [0.2, 0.25) is 0 Å². The van der Waals surface area contributed by atoms with E-state index in [0.29, 0.717) is 0 Å². The molecule has 3 rings (SSSR count). The van der Waals surface area contributed by atoms with E-state index in [0.717, 1.165) is 42.8 Å². The van der Waals surface area contributed by atoms with Gasteiger partial charge in [-0.05, 0) is 45.4 Å². The molecule has 0 radical (unpaired) electrons. The van der Waals surface area contributed by atoms with Crippen LogP contribution < -0.4 is 4.90 Å². The van der Waals surface area contributed by atoms with E-state index in [9.17, 15) is 0 Å². The molecule has 2 aromatic rings. The summed E-state index contributed by atoms with van der Waals surface area (Å²) >= 11 is 0. The van der Waals surface area contributed by atoms with Gasteiger partial charge in [0.15, 0.2) is 5.82 Å². The van der Waals surface area contributed by atoms with E-state index in [1.807, 2.05) is 6.92 Å². The standard InChI is InChI=1S/C16H23N5O/c1-6-21-14(13-8-11(2)7-12(3)17-13)18-19-15(21)20-9-16(4,10-20)22-5/h7-8H,6,9-10H2,1-5H3. The van der Waals surface area contributed by atoms with Crippen LogP contribution in [0.5, 0.6) is 0 Å². The Balaban J connectivity index is 1.94. The summed E-state index contributed by atoms with van der Waals surface area (Å²) in [5, 5.41) is 8.77. The van der Waals surface area contributed by atoms with Gasteiger partial charge in [0.2, 0.25) is 5.95 Å². The molecule has 2 aromatic heterocycles. The van der Waals surface area contributed by atoms with Gasteiger partial charge >= 0.3 is 0 Å². The summed E-state index contributed by atoms with van der Waals surface area (Å²) in [4.78, 5) is 6.81. The molecule has 0 atom stereocenters. The highest BCUT2D eigenvalue weighted by atomic mass is 16.5. The van der Waals surface area contributed by atoms with E-state index in [1.165, 1.54) is 5.56 Å². The van der Waals surface area contributed by atoms with Crippen molar-refractivity contribution >= 4 is 5.95 Å². The predicted molar refractivity (Wildman–Crippen MR) is 86.0 cm³/mol. The van der Waals surface area contributed by atoms with Gasteiger partial charge in [0, 0.05) is 19.3 Å². The number of rotatable bonds is 4. The first kappa shape index (κ1) is 15.0. The van der Waals surface area contributed by atoms with E-state index in [1.54, 1.807) is 7.11 Å². The number of pyridine rings is 1. The molecule has 0 spiro atoms. The van der Waals surface area contributed by atoms with Crippen LogP contribution in [-0.2, 0) is 11.3 Å². The van der Waals surface area contributed by atoms with E-state index in [4.69, 9.17) is 4.74 Å². The molecular weight excluding hydrogens is 278 g/mol. The summed E-state index contributed by atoms with van der Waals surface area (Å²) < 4.78 is 7.63. The molecule has 0 N–H and O–H groups in total. The Labute approximate surface area is 131 Å². The van der Waals surface area contributed by atoms with Crippen molar-refractivity contribution in [2.24, 2.45) is 0 Å². The molecule has 0 unspecified atom stereocenters. The van der Waals surface area contributed by atoms with E-state index in [2.05, 4.69) is 57.6 Å². The normalized spacial score (nSPS) is 16.7. The molecular formula is C16H23N5O. The molecule has 22 heavy (non-hydrogen) atoms. The molecule has 1 aliphatic rings. The van der Waals surface area contributed by atoms with Gasteiger partial charge in [0.25, 0.3) is 0 Å². The molecule has 1 saturated heterocycles. The Morgan fingerprint density at radius 1 is 1.23 bits per heavy atom. The quantitative estimate of drug-likeness (QED) is 0.866. The number of hydrogen-bond acceptors (Lipinski definition) is 5. The third-order valence-corrected chi connectivity index (χ3v) is 4.20. The lowest BCUT2D eigenvalue weighted by Crippen LogP contribution is -2.61. The molecule has 3 heterocycles. The first-order valence-electron chi connectivity index (χ1n) is 7.65. The van der Waals surface area contributed by atoms with Crippen LogP contribution in [0.3, 0.4) is 0 Å². The summed E-state index contributed by atoms with van der Waals surface area (Å²) in [5.74, 6) is 1.73. The zero-order valence-corrected chi connectivity index (χ0v) is 13.9. The van der Waals surface area contributed by atoms with Crippen LogP contribution in [-0.4, -0.2) is 45.5 Å². The average molecular weight is 301 g/mol. The molecule has 0 amide bonds. The highest BCUT2D eigenvalue weighted by Gasteiger charge is 2.41. The lowest BCUT2D eigenvalue weighted by molar-refractivity contribution is -0.0178. The fourth-order valence-electron chi connectivity index (χ4n) is 3.00. The molecule has 1 fully saturated rings. The number of aromatic nitrogens is 4. The minimum absolute atomic E-state index is 0.0805. The van der Waals surface area contributed by atoms with Crippen molar-refractivity contribution in [3.8, 4) is 11.5 Å². The second-order valence-corrected chi connectivity index (χ2v) is 6.25. The largest absolute Gasteiger partial charge is 0.375 e. The molecule has 118 valence electrons. The van der Waals surface area contributed by atoms with Gasteiger partial charge in [0.1, 0.15) is 11.3 Å². The van der Waals surface area contributed by atoms with Gasteiger partial charge in [0.05, 0.1) is 13.1 Å². The number of hydrogen-bond donors (Lipinski definition) is 0. The van der Waals surface area contributed by atoms with Crippen LogP contribution in [0, 0.1) is 13.8 Å². The van der Waals surface area contributed by atoms with Gasteiger partial charge in [-0.25, -0.2) is 4.98 Å². The fourth-order valence-corrected chi connectivity index (χ4v) is 3.00. The molecule has 0 aliphatic carbocycles. The highest BCUT2D eigenvalue weighted by molar-refractivity contribution is 5.55. The molecule has 6 nitrogen and oxygen atoms in total. The van der Waals surface area contributed by atoms with Crippen molar-refractivity contribution in [2.45, 2.75) is 39.8 Å². The van der Waals surface area contributed by atoms with Crippen molar-refractivity contribution in [1.29, 1.82) is 0 Å². The summed E-state index contributed by atoms with van der Waals surface area (Å²) in [7, 11) is 1.76. The third kappa shape index (κ3) is 2.47. The third-order valence-electron chi connectivity index (χ3n) is 4.20. The monoisotopic (exact) mass is 301 g/mol. The topological polar surface area (TPSA) is 56.1 Å². The number of methoxy groups -OCH3 is 1. The zero-order valence-electron chi connectivity index (χ0n) is 13.9. The van der Waals surface area contributed by atoms with Crippen LogP contribution in [0.25, 0.3) is 11.5 Å². The van der Waals surface area contributed by atoms with Gasteiger partial charge in [-0.3, -0.25) is 4.57 Å². The Hall–Kier alpha value is -1.95. The fraction of sp³-hybridized carbons (Fsp3) is 0.562. The first-order chi connectivity index (χ1) is 10.5. The minimum atomic E-state index is -0.0805. The van der Waals surface area contributed by atoms with Crippen molar-refractivity contribution in [3.05, 3.63) is 23.4 Å². The van der Waals surface area contributed by atoms with Gasteiger partial charge < -0.3 is 9.64 Å². The number of anilines is 1. The summed E-state index contributed by atoms with van der Waals surface area (Å²) in [6.45, 7) is 10.8. The van der Waals surface area contributed by atoms with E-state index in [-0.39, 0.29) is 5.60 Å².